The number of epoxide rings is 2. The lowest BCUT2D eigenvalue weighted by Crippen LogP contribution is -2.10. The van der Waals surface area contributed by atoms with Gasteiger partial charge in [0, 0.05) is 34.1 Å². The summed E-state index contributed by atoms with van der Waals surface area (Å²) < 4.78 is 11.1. The predicted molar refractivity (Wildman–Crippen MR) is 179 cm³/mol. The summed E-state index contributed by atoms with van der Waals surface area (Å²) in [7, 11) is 0. The third-order valence-corrected chi connectivity index (χ3v) is 8.28. The molecule has 2 unspecified atom stereocenters. The van der Waals surface area contributed by atoms with Crippen molar-refractivity contribution >= 4 is 34.1 Å². The second-order valence-corrected chi connectivity index (χ2v) is 11.3. The fraction of sp³-hybridized carbons (Fsp3) is 0.100. The quantitative estimate of drug-likeness (QED) is 0.161. The number of ether oxygens (including phenoxy) is 2. The molecule has 6 aromatic carbocycles. The Bertz CT molecular complexity index is 1720. The molecule has 0 aliphatic carbocycles. The summed E-state index contributed by atoms with van der Waals surface area (Å²) in [6, 6.07) is 56.1. The summed E-state index contributed by atoms with van der Waals surface area (Å²) in [4.78, 5) is 4.61. The van der Waals surface area contributed by atoms with Crippen molar-refractivity contribution in [3.63, 3.8) is 0 Å². The van der Waals surface area contributed by atoms with Crippen molar-refractivity contribution in [3.8, 4) is 11.1 Å². The Balaban J connectivity index is 1.10. The van der Waals surface area contributed by atoms with Crippen LogP contribution in [0.3, 0.4) is 0 Å². The van der Waals surface area contributed by atoms with Crippen LogP contribution < -0.4 is 9.80 Å². The van der Waals surface area contributed by atoms with Gasteiger partial charge >= 0.3 is 0 Å². The van der Waals surface area contributed by atoms with Crippen LogP contribution in [0.15, 0.2) is 158 Å². The van der Waals surface area contributed by atoms with E-state index in [-0.39, 0.29) is 12.2 Å². The van der Waals surface area contributed by atoms with Gasteiger partial charge in [0.25, 0.3) is 0 Å². The van der Waals surface area contributed by atoms with E-state index in [0.717, 1.165) is 47.3 Å². The van der Waals surface area contributed by atoms with Gasteiger partial charge in [0.15, 0.2) is 0 Å². The van der Waals surface area contributed by atoms with Gasteiger partial charge in [-0.15, -0.1) is 0 Å². The first-order valence-electron chi connectivity index (χ1n) is 15.1. The third-order valence-electron chi connectivity index (χ3n) is 8.28. The smallest absolute Gasteiger partial charge is 0.106 e. The molecule has 0 aromatic heterocycles. The summed E-state index contributed by atoms with van der Waals surface area (Å²) in [5.74, 6) is 0. The summed E-state index contributed by atoms with van der Waals surface area (Å²) in [6.45, 7) is 1.60. The molecule has 4 heteroatoms. The van der Waals surface area contributed by atoms with Gasteiger partial charge < -0.3 is 19.3 Å². The second kappa shape index (κ2) is 11.5. The van der Waals surface area contributed by atoms with E-state index in [2.05, 4.69) is 168 Å². The van der Waals surface area contributed by atoms with E-state index in [9.17, 15) is 0 Å². The van der Waals surface area contributed by atoms with Crippen molar-refractivity contribution in [2.75, 3.05) is 23.0 Å². The fourth-order valence-electron chi connectivity index (χ4n) is 5.86. The highest BCUT2D eigenvalue weighted by Gasteiger charge is 2.26. The first kappa shape index (κ1) is 26.5. The largest absolute Gasteiger partial charge is 0.368 e. The van der Waals surface area contributed by atoms with Crippen LogP contribution in [0.1, 0.15) is 23.3 Å². The first-order chi connectivity index (χ1) is 21.8. The maximum Gasteiger partial charge on any atom is 0.106 e. The van der Waals surface area contributed by atoms with Gasteiger partial charge in [0.2, 0.25) is 0 Å². The van der Waals surface area contributed by atoms with Crippen LogP contribution in [-0.2, 0) is 9.47 Å². The Morgan fingerprint density at radius 2 is 0.705 bits per heavy atom. The molecule has 0 saturated carbocycles. The van der Waals surface area contributed by atoms with E-state index < -0.39 is 0 Å². The monoisotopic (exact) mass is 572 g/mol. The molecule has 2 atom stereocenters. The van der Waals surface area contributed by atoms with Crippen LogP contribution in [0.4, 0.5) is 34.1 Å². The van der Waals surface area contributed by atoms with Gasteiger partial charge in [0.05, 0.1) is 13.2 Å². The van der Waals surface area contributed by atoms with E-state index in [1.165, 1.54) is 22.3 Å². The summed E-state index contributed by atoms with van der Waals surface area (Å²) >= 11 is 0. The zero-order chi connectivity index (χ0) is 29.3. The molecule has 2 aliphatic rings. The fourth-order valence-corrected chi connectivity index (χ4v) is 5.86. The van der Waals surface area contributed by atoms with Crippen molar-refractivity contribution in [2.24, 2.45) is 0 Å². The third kappa shape index (κ3) is 5.49. The van der Waals surface area contributed by atoms with Gasteiger partial charge in [-0.25, -0.2) is 0 Å². The Kier molecular flexibility index (Phi) is 6.91. The van der Waals surface area contributed by atoms with E-state index in [1.807, 2.05) is 0 Å². The normalized spacial score (nSPS) is 16.7. The highest BCUT2D eigenvalue weighted by molar-refractivity contribution is 5.81. The number of nitrogens with zero attached hydrogens (tertiary/aromatic N) is 2. The number of hydrogen-bond acceptors (Lipinski definition) is 4. The molecule has 0 spiro atoms. The average molecular weight is 573 g/mol. The Hall–Kier alpha value is -5.16. The Morgan fingerprint density at radius 1 is 0.364 bits per heavy atom. The molecule has 2 heterocycles. The molecule has 0 radical (unpaired) electrons. The molecule has 2 fully saturated rings. The standard InChI is InChI=1S/C40H32N2O2/c1-3-11-33(12-4-1)41(37-15-7-9-31(25-37)39-27-43-39)35-21-17-29(18-22-35)30-19-23-36(24-20-30)42(34-13-5-2-6-14-34)38-16-8-10-32(26-38)40-28-44-40/h1-26,39-40H,27-28H2. The molecule has 4 nitrogen and oxygen atoms in total. The minimum absolute atomic E-state index is 0.215. The maximum atomic E-state index is 5.57. The molecule has 0 N–H and O–H groups in total. The highest BCUT2D eigenvalue weighted by atomic mass is 16.6. The first-order valence-corrected chi connectivity index (χ1v) is 15.1. The van der Waals surface area contributed by atoms with Crippen molar-refractivity contribution in [3.05, 3.63) is 169 Å². The van der Waals surface area contributed by atoms with Crippen LogP contribution in [0, 0.1) is 0 Å². The van der Waals surface area contributed by atoms with Gasteiger partial charge in [0.1, 0.15) is 12.2 Å². The molecule has 214 valence electrons. The predicted octanol–water partition coefficient (Wildman–Crippen LogP) is 10.4. The average Bonchev–Trinajstić information content (AvgIpc) is 4.01. The zero-order valence-electron chi connectivity index (χ0n) is 24.3. The number of rotatable bonds is 9. The molecular formula is C40H32N2O2. The lowest BCUT2D eigenvalue weighted by molar-refractivity contribution is 0.415. The van der Waals surface area contributed by atoms with Crippen molar-refractivity contribution in [1.29, 1.82) is 0 Å². The lowest BCUT2D eigenvalue weighted by Gasteiger charge is -2.26. The van der Waals surface area contributed by atoms with E-state index in [1.54, 1.807) is 0 Å². The number of para-hydroxylation sites is 2. The van der Waals surface area contributed by atoms with Crippen LogP contribution >= 0.6 is 0 Å². The van der Waals surface area contributed by atoms with Crippen molar-refractivity contribution < 1.29 is 9.47 Å². The minimum Gasteiger partial charge on any atom is -0.368 e. The molecule has 0 amide bonds. The Labute approximate surface area is 258 Å². The number of benzene rings is 6. The molecule has 8 rings (SSSR count). The zero-order valence-corrected chi connectivity index (χ0v) is 24.3. The van der Waals surface area contributed by atoms with Crippen LogP contribution in [0.5, 0.6) is 0 Å². The maximum absolute atomic E-state index is 5.57. The molecule has 44 heavy (non-hydrogen) atoms. The minimum atomic E-state index is 0.215. The highest BCUT2D eigenvalue weighted by Crippen LogP contribution is 2.40. The molecule has 0 bridgehead atoms. The van der Waals surface area contributed by atoms with Crippen LogP contribution in [0.25, 0.3) is 11.1 Å². The van der Waals surface area contributed by atoms with Gasteiger partial charge in [-0.05, 0) is 95.1 Å². The van der Waals surface area contributed by atoms with Crippen LogP contribution in [-0.4, -0.2) is 13.2 Å². The topological polar surface area (TPSA) is 31.5 Å². The van der Waals surface area contributed by atoms with Crippen molar-refractivity contribution in [2.45, 2.75) is 12.2 Å². The van der Waals surface area contributed by atoms with E-state index in [4.69, 9.17) is 9.47 Å². The summed E-state index contributed by atoms with van der Waals surface area (Å²) in [6.07, 6.45) is 0.429. The van der Waals surface area contributed by atoms with E-state index >= 15 is 0 Å². The van der Waals surface area contributed by atoms with Crippen LogP contribution in [0.2, 0.25) is 0 Å². The summed E-state index contributed by atoms with van der Waals surface area (Å²) in [5.41, 5.74) is 11.5. The van der Waals surface area contributed by atoms with Gasteiger partial charge in [-0.2, -0.15) is 0 Å². The number of anilines is 6. The van der Waals surface area contributed by atoms with E-state index in [0.29, 0.717) is 0 Å². The lowest BCUT2D eigenvalue weighted by atomic mass is 10.0. The van der Waals surface area contributed by atoms with Crippen molar-refractivity contribution in [1.82, 2.24) is 0 Å². The molecule has 2 saturated heterocycles. The van der Waals surface area contributed by atoms with Gasteiger partial charge in [-0.3, -0.25) is 0 Å². The Morgan fingerprint density at radius 3 is 1.07 bits per heavy atom. The second-order valence-electron chi connectivity index (χ2n) is 11.3. The molecule has 6 aromatic rings. The van der Waals surface area contributed by atoms with Gasteiger partial charge in [-0.1, -0.05) is 84.9 Å². The molecule has 2 aliphatic heterocycles. The SMILES string of the molecule is c1ccc(N(c2ccc(-c3ccc(N(c4ccccc4)c4cccc(C5CO5)c4)cc3)cc2)c2cccc(C3CO3)c2)cc1. The summed E-state index contributed by atoms with van der Waals surface area (Å²) in [5, 5.41) is 0. The number of hydrogen-bond donors (Lipinski definition) is 0. The molecular weight excluding hydrogens is 540 g/mol.